The van der Waals surface area contributed by atoms with Gasteiger partial charge in [0.2, 0.25) is 16.8 Å². The number of carbonyl (C=O) groups is 1. The van der Waals surface area contributed by atoms with Crippen LogP contribution in [0.2, 0.25) is 0 Å². The monoisotopic (exact) mass is 489 g/mol. The largest absolute Gasteiger partial charge is 0.323 e. The van der Waals surface area contributed by atoms with Gasteiger partial charge in [-0.15, -0.1) is 16.4 Å². The number of fused-ring (bicyclic) bond motifs is 5. The number of para-hydroxylation sites is 3. The first-order valence-corrected chi connectivity index (χ1v) is 12.5. The van der Waals surface area contributed by atoms with Gasteiger partial charge in [0.15, 0.2) is 5.65 Å². The number of benzene rings is 3. The number of carbonyl (C=O) groups excluding carboxylic acids is 1. The molecule has 36 heavy (non-hydrogen) atoms. The van der Waals surface area contributed by atoms with E-state index in [1.165, 1.54) is 11.3 Å². The number of aromatic nitrogens is 6. The van der Waals surface area contributed by atoms with Crippen LogP contribution in [0.5, 0.6) is 0 Å². The molecular weight excluding hydrogens is 470 g/mol. The summed E-state index contributed by atoms with van der Waals surface area (Å²) >= 11 is 1.49. The molecule has 174 valence electrons. The first-order chi connectivity index (χ1) is 17.7. The molecule has 0 aliphatic carbocycles. The van der Waals surface area contributed by atoms with E-state index in [4.69, 9.17) is 9.97 Å². The van der Waals surface area contributed by atoms with Crippen molar-refractivity contribution in [3.63, 3.8) is 0 Å². The van der Waals surface area contributed by atoms with Crippen molar-refractivity contribution in [1.82, 2.24) is 29.1 Å². The SMILES string of the molecule is O=C(CCn1c2ccccc2c2nc3ccccc3nc21)Nc1nc2scc(-c3ccccc3)n2n1. The quantitative estimate of drug-likeness (QED) is 0.343. The molecule has 3 aromatic carbocycles. The molecule has 4 heterocycles. The molecule has 1 N–H and O–H groups in total. The average Bonchev–Trinajstić information content (AvgIpc) is 3.58. The summed E-state index contributed by atoms with van der Waals surface area (Å²) in [7, 11) is 0. The third-order valence-electron chi connectivity index (χ3n) is 6.22. The van der Waals surface area contributed by atoms with Crippen LogP contribution in [0.4, 0.5) is 5.95 Å². The second-order valence-electron chi connectivity index (χ2n) is 8.47. The van der Waals surface area contributed by atoms with Crippen LogP contribution in [0, 0.1) is 0 Å². The normalized spacial score (nSPS) is 11.7. The van der Waals surface area contributed by atoms with Gasteiger partial charge in [0.05, 0.1) is 22.2 Å². The molecule has 9 heteroatoms. The van der Waals surface area contributed by atoms with Gasteiger partial charge >= 0.3 is 0 Å². The smallest absolute Gasteiger partial charge is 0.250 e. The zero-order chi connectivity index (χ0) is 24.1. The fraction of sp³-hybridized carbons (Fsp3) is 0.0741. The Morgan fingerprint density at radius 3 is 2.47 bits per heavy atom. The van der Waals surface area contributed by atoms with Gasteiger partial charge in [-0.3, -0.25) is 10.1 Å². The fourth-order valence-electron chi connectivity index (χ4n) is 4.55. The second kappa shape index (κ2) is 8.24. The maximum atomic E-state index is 12.9. The molecule has 0 atom stereocenters. The summed E-state index contributed by atoms with van der Waals surface area (Å²) in [5.74, 6) is 0.145. The number of rotatable bonds is 5. The molecule has 1 amide bonds. The molecule has 0 radical (unpaired) electrons. The minimum Gasteiger partial charge on any atom is -0.323 e. The standard InChI is InChI=1S/C27H19N7OS/c35-23(30-26-31-27-34(32-26)22(16-36-27)17-8-2-1-3-9-17)14-15-33-21-13-7-4-10-18(21)24-25(33)29-20-12-6-5-11-19(20)28-24/h1-13,16H,14-15H2,(H,30,32,35). The molecule has 0 aliphatic heterocycles. The van der Waals surface area contributed by atoms with E-state index < -0.39 is 0 Å². The topological polar surface area (TPSA) is 90.0 Å². The van der Waals surface area contributed by atoms with E-state index in [9.17, 15) is 4.79 Å². The summed E-state index contributed by atoms with van der Waals surface area (Å²) in [6.07, 6.45) is 0.251. The summed E-state index contributed by atoms with van der Waals surface area (Å²) in [6.45, 7) is 0.459. The molecule has 0 unspecified atom stereocenters. The van der Waals surface area contributed by atoms with Crippen LogP contribution in [0.3, 0.4) is 0 Å². The Bertz CT molecular complexity index is 1900. The van der Waals surface area contributed by atoms with Crippen LogP contribution in [0.25, 0.3) is 49.3 Å². The maximum absolute atomic E-state index is 12.9. The highest BCUT2D eigenvalue weighted by molar-refractivity contribution is 7.15. The molecule has 0 saturated heterocycles. The number of nitrogens with one attached hydrogen (secondary N) is 1. The zero-order valence-electron chi connectivity index (χ0n) is 19.0. The summed E-state index contributed by atoms with van der Waals surface area (Å²) in [5, 5.41) is 10.4. The molecule has 0 fully saturated rings. The number of thiazole rings is 1. The molecule has 4 aromatic heterocycles. The van der Waals surface area contributed by atoms with Crippen LogP contribution in [0.15, 0.2) is 84.2 Å². The minimum absolute atomic E-state index is 0.158. The molecule has 0 aliphatic rings. The summed E-state index contributed by atoms with van der Waals surface area (Å²) < 4.78 is 3.83. The van der Waals surface area contributed by atoms with E-state index in [0.717, 1.165) is 49.3 Å². The van der Waals surface area contributed by atoms with Gasteiger partial charge in [0.25, 0.3) is 0 Å². The van der Waals surface area contributed by atoms with E-state index in [2.05, 4.69) is 20.0 Å². The average molecular weight is 490 g/mol. The molecule has 0 bridgehead atoms. The van der Waals surface area contributed by atoms with E-state index in [1.807, 2.05) is 84.2 Å². The predicted molar refractivity (Wildman–Crippen MR) is 142 cm³/mol. The van der Waals surface area contributed by atoms with Crippen molar-refractivity contribution in [2.75, 3.05) is 5.32 Å². The van der Waals surface area contributed by atoms with E-state index in [-0.39, 0.29) is 12.3 Å². The van der Waals surface area contributed by atoms with Crippen molar-refractivity contribution in [1.29, 1.82) is 0 Å². The Kier molecular flexibility index (Phi) is 4.74. The van der Waals surface area contributed by atoms with Gasteiger partial charge in [-0.1, -0.05) is 60.7 Å². The molecule has 7 aromatic rings. The lowest BCUT2D eigenvalue weighted by Crippen LogP contribution is -2.15. The van der Waals surface area contributed by atoms with Crippen molar-refractivity contribution in [2.24, 2.45) is 0 Å². The lowest BCUT2D eigenvalue weighted by atomic mass is 10.2. The van der Waals surface area contributed by atoms with Crippen molar-refractivity contribution in [2.45, 2.75) is 13.0 Å². The Labute approximate surface area is 208 Å². The fourth-order valence-corrected chi connectivity index (χ4v) is 5.38. The van der Waals surface area contributed by atoms with Gasteiger partial charge in [-0.25, -0.2) is 14.5 Å². The van der Waals surface area contributed by atoms with Gasteiger partial charge in [-0.05, 0) is 18.2 Å². The minimum atomic E-state index is -0.158. The van der Waals surface area contributed by atoms with E-state index in [1.54, 1.807) is 4.52 Å². The van der Waals surface area contributed by atoms with Crippen molar-refractivity contribution in [3.8, 4) is 11.3 Å². The first kappa shape index (κ1) is 20.7. The van der Waals surface area contributed by atoms with Crippen LogP contribution in [-0.2, 0) is 11.3 Å². The maximum Gasteiger partial charge on any atom is 0.250 e. The van der Waals surface area contributed by atoms with Crippen LogP contribution in [0.1, 0.15) is 6.42 Å². The number of hydrogen-bond donors (Lipinski definition) is 1. The van der Waals surface area contributed by atoms with Crippen molar-refractivity contribution >= 4 is 61.3 Å². The highest BCUT2D eigenvalue weighted by Gasteiger charge is 2.17. The number of aryl methyl sites for hydroxylation is 1. The summed E-state index contributed by atoms with van der Waals surface area (Å²) in [5.41, 5.74) is 6.29. The first-order valence-electron chi connectivity index (χ1n) is 11.6. The molecular formula is C27H19N7OS. The highest BCUT2D eigenvalue weighted by atomic mass is 32.1. The molecule has 7 rings (SSSR count). The predicted octanol–water partition coefficient (Wildman–Crippen LogP) is 5.54. The van der Waals surface area contributed by atoms with Gasteiger partial charge in [-0.2, -0.15) is 4.98 Å². The molecule has 0 saturated carbocycles. The van der Waals surface area contributed by atoms with Gasteiger partial charge in [0, 0.05) is 29.3 Å². The Morgan fingerprint density at radius 1 is 0.861 bits per heavy atom. The third kappa shape index (κ3) is 3.40. The number of hydrogen-bond acceptors (Lipinski definition) is 6. The lowest BCUT2D eigenvalue weighted by Gasteiger charge is -2.07. The summed E-state index contributed by atoms with van der Waals surface area (Å²) in [4.78, 5) is 27.9. The second-order valence-corrected chi connectivity index (χ2v) is 9.30. The molecule has 8 nitrogen and oxygen atoms in total. The van der Waals surface area contributed by atoms with Crippen molar-refractivity contribution in [3.05, 3.63) is 84.2 Å². The summed E-state index contributed by atoms with van der Waals surface area (Å²) in [6, 6.07) is 25.9. The van der Waals surface area contributed by atoms with Gasteiger partial charge in [0.1, 0.15) is 5.52 Å². The van der Waals surface area contributed by atoms with Crippen LogP contribution < -0.4 is 5.32 Å². The lowest BCUT2D eigenvalue weighted by molar-refractivity contribution is -0.116. The number of nitrogens with zero attached hydrogens (tertiary/aromatic N) is 6. The van der Waals surface area contributed by atoms with Crippen LogP contribution >= 0.6 is 11.3 Å². The number of anilines is 1. The van der Waals surface area contributed by atoms with E-state index >= 15 is 0 Å². The number of amides is 1. The Balaban J connectivity index is 1.17. The third-order valence-corrected chi connectivity index (χ3v) is 7.04. The van der Waals surface area contributed by atoms with Crippen molar-refractivity contribution < 1.29 is 4.79 Å². The Hall–Kier alpha value is -4.63. The van der Waals surface area contributed by atoms with Gasteiger partial charge < -0.3 is 4.57 Å². The Morgan fingerprint density at radius 2 is 1.61 bits per heavy atom. The van der Waals surface area contributed by atoms with Crippen LogP contribution in [-0.4, -0.2) is 35.0 Å². The highest BCUT2D eigenvalue weighted by Crippen LogP contribution is 2.29. The zero-order valence-corrected chi connectivity index (χ0v) is 19.8. The molecule has 0 spiro atoms. The van der Waals surface area contributed by atoms with E-state index in [0.29, 0.717) is 12.5 Å².